The van der Waals surface area contributed by atoms with Crippen molar-refractivity contribution in [2.45, 2.75) is 13.0 Å². The highest BCUT2D eigenvalue weighted by molar-refractivity contribution is 5.44. The summed E-state index contributed by atoms with van der Waals surface area (Å²) in [6.45, 7) is 1.34. The zero-order valence-electron chi connectivity index (χ0n) is 8.67. The molecule has 1 aromatic carbocycles. The van der Waals surface area contributed by atoms with Gasteiger partial charge in [-0.1, -0.05) is 12.1 Å². The molecule has 0 bridgehead atoms. The van der Waals surface area contributed by atoms with E-state index >= 15 is 0 Å². The smallest absolute Gasteiger partial charge is 0.162 e. The fraction of sp³-hybridized carbons (Fsp3) is 0.300. The van der Waals surface area contributed by atoms with Crippen LogP contribution in [0.1, 0.15) is 6.42 Å². The third-order valence-electron chi connectivity index (χ3n) is 2.12. The van der Waals surface area contributed by atoms with Crippen LogP contribution in [0.5, 0.6) is 0 Å². The second-order valence-electron chi connectivity index (χ2n) is 3.29. The van der Waals surface area contributed by atoms with E-state index in [1.54, 1.807) is 18.2 Å². The van der Waals surface area contributed by atoms with E-state index in [9.17, 15) is 4.39 Å². The maximum absolute atomic E-state index is 13.2. The maximum atomic E-state index is 13.2. The molecule has 0 fully saturated rings. The molecule has 1 aromatic heterocycles. The Balaban J connectivity index is 1.74. The Hall–Kier alpha value is -1.98. The molecule has 0 unspecified atom stereocenters. The van der Waals surface area contributed by atoms with Gasteiger partial charge in [0.25, 0.3) is 0 Å². The third-order valence-corrected chi connectivity index (χ3v) is 2.12. The van der Waals surface area contributed by atoms with Crippen LogP contribution in [-0.4, -0.2) is 26.8 Å². The average molecular weight is 221 g/mol. The van der Waals surface area contributed by atoms with Crippen LogP contribution in [0.3, 0.4) is 0 Å². The van der Waals surface area contributed by atoms with Crippen LogP contribution in [0.25, 0.3) is 0 Å². The SMILES string of the molecule is Fc1ccccc1NCCCn1ncnn1. The Labute approximate surface area is 92.3 Å². The summed E-state index contributed by atoms with van der Waals surface area (Å²) in [5.41, 5.74) is 0.522. The van der Waals surface area contributed by atoms with Gasteiger partial charge in [0, 0.05) is 6.54 Å². The number of hydrogen-bond acceptors (Lipinski definition) is 4. The lowest BCUT2D eigenvalue weighted by Crippen LogP contribution is -2.09. The molecule has 0 spiro atoms. The number of nitrogens with zero attached hydrogens (tertiary/aromatic N) is 4. The summed E-state index contributed by atoms with van der Waals surface area (Å²) in [6, 6.07) is 6.61. The van der Waals surface area contributed by atoms with Crippen LogP contribution in [0, 0.1) is 5.82 Å². The molecule has 0 aliphatic rings. The minimum absolute atomic E-state index is 0.235. The van der Waals surface area contributed by atoms with E-state index in [0.29, 0.717) is 18.8 Å². The number of aromatic nitrogens is 4. The highest BCUT2D eigenvalue weighted by Crippen LogP contribution is 2.11. The van der Waals surface area contributed by atoms with Gasteiger partial charge in [-0.3, -0.25) is 0 Å². The fourth-order valence-electron chi connectivity index (χ4n) is 1.34. The minimum atomic E-state index is -0.235. The number of rotatable bonds is 5. The van der Waals surface area contributed by atoms with E-state index in [1.165, 1.54) is 17.2 Å². The van der Waals surface area contributed by atoms with Gasteiger partial charge < -0.3 is 5.32 Å². The van der Waals surface area contributed by atoms with Gasteiger partial charge in [0.05, 0.1) is 12.2 Å². The lowest BCUT2D eigenvalue weighted by molar-refractivity contribution is 0.507. The first-order valence-electron chi connectivity index (χ1n) is 5.05. The number of benzene rings is 1. The second kappa shape index (κ2) is 5.20. The molecule has 2 aromatic rings. The van der Waals surface area contributed by atoms with E-state index in [1.807, 2.05) is 0 Å². The number of halogens is 1. The van der Waals surface area contributed by atoms with Gasteiger partial charge in [-0.15, -0.1) is 10.2 Å². The van der Waals surface area contributed by atoms with Crippen LogP contribution in [0.15, 0.2) is 30.6 Å². The molecule has 5 nitrogen and oxygen atoms in total. The number of nitrogens with one attached hydrogen (secondary N) is 1. The highest BCUT2D eigenvalue weighted by atomic mass is 19.1. The van der Waals surface area contributed by atoms with E-state index in [-0.39, 0.29) is 5.82 Å². The number of aryl methyl sites for hydroxylation is 1. The summed E-state index contributed by atoms with van der Waals surface area (Å²) < 4.78 is 13.2. The second-order valence-corrected chi connectivity index (χ2v) is 3.29. The monoisotopic (exact) mass is 221 g/mol. The number of para-hydroxylation sites is 1. The molecule has 0 atom stereocenters. The van der Waals surface area contributed by atoms with Gasteiger partial charge in [0.1, 0.15) is 5.82 Å². The first-order chi connectivity index (χ1) is 7.86. The Bertz CT molecular complexity index is 429. The van der Waals surface area contributed by atoms with Crippen molar-refractivity contribution < 1.29 is 4.39 Å². The van der Waals surface area contributed by atoms with Crippen molar-refractivity contribution in [2.24, 2.45) is 0 Å². The molecule has 2 rings (SSSR count). The van der Waals surface area contributed by atoms with Gasteiger partial charge in [-0.2, -0.15) is 4.80 Å². The predicted molar refractivity (Wildman–Crippen MR) is 57.3 cm³/mol. The largest absolute Gasteiger partial charge is 0.383 e. The molecular weight excluding hydrogens is 209 g/mol. The molecule has 0 saturated carbocycles. The van der Waals surface area contributed by atoms with E-state index < -0.39 is 0 Å². The van der Waals surface area contributed by atoms with Gasteiger partial charge in [-0.05, 0) is 23.8 Å². The molecular formula is C10H12FN5. The van der Waals surface area contributed by atoms with Crippen molar-refractivity contribution >= 4 is 5.69 Å². The average Bonchev–Trinajstić information content (AvgIpc) is 2.79. The molecule has 16 heavy (non-hydrogen) atoms. The third kappa shape index (κ3) is 2.75. The normalized spacial score (nSPS) is 10.3. The maximum Gasteiger partial charge on any atom is 0.162 e. The molecule has 6 heteroatoms. The number of hydrogen-bond donors (Lipinski definition) is 1. The van der Waals surface area contributed by atoms with Crippen LogP contribution < -0.4 is 5.32 Å². The van der Waals surface area contributed by atoms with E-state index in [2.05, 4.69) is 20.7 Å². The van der Waals surface area contributed by atoms with Gasteiger partial charge in [0.15, 0.2) is 6.33 Å². The van der Waals surface area contributed by atoms with Crippen molar-refractivity contribution in [3.05, 3.63) is 36.4 Å². The summed E-state index contributed by atoms with van der Waals surface area (Å²) >= 11 is 0. The summed E-state index contributed by atoms with van der Waals surface area (Å²) in [4.78, 5) is 1.50. The highest BCUT2D eigenvalue weighted by Gasteiger charge is 1.99. The van der Waals surface area contributed by atoms with Crippen LogP contribution >= 0.6 is 0 Å². The summed E-state index contributed by atoms with van der Waals surface area (Å²) in [6.07, 6.45) is 2.20. The van der Waals surface area contributed by atoms with Crippen molar-refractivity contribution in [2.75, 3.05) is 11.9 Å². The molecule has 0 aliphatic heterocycles. The Morgan fingerprint density at radius 1 is 1.31 bits per heavy atom. The molecule has 0 radical (unpaired) electrons. The van der Waals surface area contributed by atoms with Crippen LogP contribution in [0.4, 0.5) is 10.1 Å². The zero-order valence-corrected chi connectivity index (χ0v) is 8.67. The van der Waals surface area contributed by atoms with Crippen molar-refractivity contribution in [3.63, 3.8) is 0 Å². The standard InChI is InChI=1S/C10H12FN5/c11-9-4-1-2-5-10(9)12-6-3-7-16-14-8-13-15-16/h1-2,4-5,8,12H,3,6-7H2. The van der Waals surface area contributed by atoms with Gasteiger partial charge in [-0.25, -0.2) is 4.39 Å². The van der Waals surface area contributed by atoms with Crippen molar-refractivity contribution in [1.82, 2.24) is 20.2 Å². The van der Waals surface area contributed by atoms with Crippen LogP contribution in [-0.2, 0) is 6.54 Å². The Kier molecular flexibility index (Phi) is 3.42. The molecule has 1 N–H and O–H groups in total. The Morgan fingerprint density at radius 2 is 2.19 bits per heavy atom. The molecule has 0 saturated heterocycles. The predicted octanol–water partition coefficient (Wildman–Crippen LogP) is 1.31. The molecule has 0 amide bonds. The van der Waals surface area contributed by atoms with E-state index in [0.717, 1.165) is 6.42 Å². The van der Waals surface area contributed by atoms with Gasteiger partial charge >= 0.3 is 0 Å². The summed E-state index contributed by atoms with van der Waals surface area (Å²) in [5.74, 6) is -0.235. The number of anilines is 1. The fourth-order valence-corrected chi connectivity index (χ4v) is 1.34. The summed E-state index contributed by atoms with van der Waals surface area (Å²) in [5, 5.41) is 14.2. The van der Waals surface area contributed by atoms with Crippen molar-refractivity contribution in [1.29, 1.82) is 0 Å². The topological polar surface area (TPSA) is 55.6 Å². The lowest BCUT2D eigenvalue weighted by Gasteiger charge is -2.06. The van der Waals surface area contributed by atoms with E-state index in [4.69, 9.17) is 0 Å². The first kappa shape index (κ1) is 10.5. The Morgan fingerprint density at radius 3 is 2.94 bits per heavy atom. The van der Waals surface area contributed by atoms with Crippen LogP contribution in [0.2, 0.25) is 0 Å². The molecule has 84 valence electrons. The summed E-state index contributed by atoms with van der Waals surface area (Å²) in [7, 11) is 0. The quantitative estimate of drug-likeness (QED) is 0.773. The first-order valence-corrected chi connectivity index (χ1v) is 5.05. The number of tetrazole rings is 1. The zero-order chi connectivity index (χ0) is 11.2. The van der Waals surface area contributed by atoms with Gasteiger partial charge in [0.2, 0.25) is 0 Å². The lowest BCUT2D eigenvalue weighted by atomic mass is 10.3. The molecule has 1 heterocycles. The minimum Gasteiger partial charge on any atom is -0.383 e. The van der Waals surface area contributed by atoms with Crippen molar-refractivity contribution in [3.8, 4) is 0 Å². The molecule has 0 aliphatic carbocycles.